The third kappa shape index (κ3) is 2.30. The van der Waals surface area contributed by atoms with Gasteiger partial charge in [-0.15, -0.1) is 0 Å². The van der Waals surface area contributed by atoms with E-state index in [1.165, 1.54) is 0 Å². The van der Waals surface area contributed by atoms with Gasteiger partial charge in [0.2, 0.25) is 0 Å². The van der Waals surface area contributed by atoms with Crippen LogP contribution in [0.15, 0.2) is 30.5 Å². The fraction of sp³-hybridized carbons (Fsp3) is 0. The lowest BCUT2D eigenvalue weighted by Crippen LogP contribution is -2.00. The molecule has 0 aliphatic heterocycles. The highest BCUT2D eigenvalue weighted by Gasteiger charge is 2.16. The fourth-order valence-electron chi connectivity index (χ4n) is 1.46. The van der Waals surface area contributed by atoms with Crippen LogP contribution in [-0.4, -0.2) is 16.1 Å². The number of hydrogen-bond donors (Lipinski definition) is 1. The Labute approximate surface area is 112 Å². The molecule has 0 bridgehead atoms. The van der Waals surface area contributed by atoms with E-state index in [1.54, 1.807) is 18.2 Å². The minimum Gasteiger partial charge on any atom is -0.478 e. The van der Waals surface area contributed by atoms with Gasteiger partial charge in [0, 0.05) is 11.8 Å². The molecule has 1 aromatic heterocycles. The van der Waals surface area contributed by atoms with Gasteiger partial charge in [0.15, 0.2) is 0 Å². The quantitative estimate of drug-likeness (QED) is 0.911. The van der Waals surface area contributed by atoms with Gasteiger partial charge >= 0.3 is 5.97 Å². The van der Waals surface area contributed by atoms with Crippen LogP contribution < -0.4 is 0 Å². The molecule has 92 valence electrons. The largest absolute Gasteiger partial charge is 0.478 e. The van der Waals surface area contributed by atoms with E-state index in [1.807, 2.05) is 0 Å². The Hall–Kier alpha value is -1.65. The molecule has 0 saturated heterocycles. The maximum atomic E-state index is 13.8. The lowest BCUT2D eigenvalue weighted by molar-refractivity contribution is 0.0696. The molecule has 0 amide bonds. The lowest BCUT2D eigenvalue weighted by atomic mass is 10.1. The van der Waals surface area contributed by atoms with E-state index in [9.17, 15) is 9.18 Å². The predicted octanol–water partition coefficient (Wildman–Crippen LogP) is 3.89. The van der Waals surface area contributed by atoms with Crippen molar-refractivity contribution in [2.75, 3.05) is 0 Å². The van der Waals surface area contributed by atoms with Crippen LogP contribution in [0.3, 0.4) is 0 Å². The van der Waals surface area contributed by atoms with Gasteiger partial charge in [0.05, 0.1) is 15.6 Å². The van der Waals surface area contributed by atoms with Crippen molar-refractivity contribution in [3.63, 3.8) is 0 Å². The summed E-state index contributed by atoms with van der Waals surface area (Å²) in [5.74, 6) is -2.04. The molecule has 0 radical (unpaired) electrons. The summed E-state index contributed by atoms with van der Waals surface area (Å²) in [7, 11) is 0. The molecule has 0 saturated carbocycles. The number of benzene rings is 1. The monoisotopic (exact) mass is 285 g/mol. The van der Waals surface area contributed by atoms with Crippen LogP contribution in [0.5, 0.6) is 0 Å². The molecular formula is C12H6Cl2FNO2. The van der Waals surface area contributed by atoms with Crippen molar-refractivity contribution in [1.82, 2.24) is 4.98 Å². The van der Waals surface area contributed by atoms with E-state index in [0.29, 0.717) is 0 Å². The van der Waals surface area contributed by atoms with Crippen LogP contribution in [0.2, 0.25) is 10.0 Å². The van der Waals surface area contributed by atoms with Crippen molar-refractivity contribution in [3.8, 4) is 11.3 Å². The molecule has 2 aromatic rings. The zero-order valence-corrected chi connectivity index (χ0v) is 10.3. The maximum absolute atomic E-state index is 13.8. The molecule has 1 N–H and O–H groups in total. The predicted molar refractivity (Wildman–Crippen MR) is 66.6 cm³/mol. The second-order valence-corrected chi connectivity index (χ2v) is 4.27. The topological polar surface area (TPSA) is 50.2 Å². The third-order valence-corrected chi connectivity index (χ3v) is 2.92. The van der Waals surface area contributed by atoms with Crippen LogP contribution >= 0.6 is 23.2 Å². The third-order valence-electron chi connectivity index (χ3n) is 2.29. The van der Waals surface area contributed by atoms with Crippen molar-refractivity contribution in [2.24, 2.45) is 0 Å². The second kappa shape index (κ2) is 4.92. The average Bonchev–Trinajstić information content (AvgIpc) is 2.30. The van der Waals surface area contributed by atoms with Crippen molar-refractivity contribution in [3.05, 3.63) is 51.9 Å². The van der Waals surface area contributed by atoms with E-state index in [0.717, 1.165) is 12.3 Å². The first-order valence-electron chi connectivity index (χ1n) is 4.84. The Bertz CT molecular complexity index is 611. The Morgan fingerprint density at radius 2 is 1.89 bits per heavy atom. The van der Waals surface area contributed by atoms with Crippen LogP contribution in [0.4, 0.5) is 4.39 Å². The SMILES string of the molecule is O=C(O)c1cnc(-c2c(Cl)cccc2Cl)c(F)c1. The minimum atomic E-state index is -1.25. The maximum Gasteiger partial charge on any atom is 0.337 e. The molecule has 3 nitrogen and oxygen atoms in total. The van der Waals surface area contributed by atoms with Crippen molar-refractivity contribution in [1.29, 1.82) is 0 Å². The Morgan fingerprint density at radius 3 is 2.39 bits per heavy atom. The smallest absolute Gasteiger partial charge is 0.337 e. The van der Waals surface area contributed by atoms with Gasteiger partial charge in [-0.25, -0.2) is 9.18 Å². The highest BCUT2D eigenvalue weighted by atomic mass is 35.5. The first-order valence-corrected chi connectivity index (χ1v) is 5.59. The molecule has 0 atom stereocenters. The molecule has 0 fully saturated rings. The molecule has 0 aliphatic carbocycles. The summed E-state index contributed by atoms with van der Waals surface area (Å²) in [6, 6.07) is 5.60. The number of carboxylic acids is 1. The van der Waals surface area contributed by atoms with E-state index in [-0.39, 0.29) is 26.9 Å². The summed E-state index contributed by atoms with van der Waals surface area (Å²) in [6.45, 7) is 0. The molecule has 1 aromatic carbocycles. The normalized spacial score (nSPS) is 10.4. The van der Waals surface area contributed by atoms with Gasteiger partial charge < -0.3 is 5.11 Å². The van der Waals surface area contributed by atoms with Crippen molar-refractivity contribution >= 4 is 29.2 Å². The summed E-state index contributed by atoms with van der Waals surface area (Å²) >= 11 is 11.9. The molecule has 0 aliphatic rings. The van der Waals surface area contributed by atoms with Crippen LogP contribution in [0.25, 0.3) is 11.3 Å². The molecule has 0 unspecified atom stereocenters. The van der Waals surface area contributed by atoms with Gasteiger partial charge in [-0.2, -0.15) is 0 Å². The molecule has 1 heterocycles. The number of carboxylic acid groups (broad SMARTS) is 1. The van der Waals surface area contributed by atoms with E-state index in [2.05, 4.69) is 4.98 Å². The first kappa shape index (κ1) is 12.8. The number of hydrogen-bond acceptors (Lipinski definition) is 2. The van der Waals surface area contributed by atoms with E-state index >= 15 is 0 Å². The van der Waals surface area contributed by atoms with Crippen LogP contribution in [0, 0.1) is 5.82 Å². The van der Waals surface area contributed by atoms with E-state index in [4.69, 9.17) is 28.3 Å². The summed E-state index contributed by atoms with van der Waals surface area (Å²) < 4.78 is 13.8. The first-order chi connectivity index (χ1) is 8.50. The number of pyridine rings is 1. The summed E-state index contributed by atoms with van der Waals surface area (Å²) in [5, 5.41) is 9.22. The summed E-state index contributed by atoms with van der Waals surface area (Å²) in [4.78, 5) is 14.4. The average molecular weight is 286 g/mol. The Kier molecular flexibility index (Phi) is 3.50. The highest BCUT2D eigenvalue weighted by molar-refractivity contribution is 6.39. The van der Waals surface area contributed by atoms with Crippen LogP contribution in [0.1, 0.15) is 10.4 Å². The Balaban J connectivity index is 2.62. The second-order valence-electron chi connectivity index (χ2n) is 3.46. The minimum absolute atomic E-state index is 0.0735. The standard InChI is InChI=1S/C12H6Cl2FNO2/c13-7-2-1-3-8(14)10(7)11-9(15)4-6(5-16-11)12(17)18/h1-5H,(H,17,18). The summed E-state index contributed by atoms with van der Waals surface area (Å²) in [5.41, 5.74) is -0.0645. The zero-order chi connectivity index (χ0) is 13.3. The Morgan fingerprint density at radius 1 is 1.28 bits per heavy atom. The van der Waals surface area contributed by atoms with Crippen molar-refractivity contribution < 1.29 is 14.3 Å². The van der Waals surface area contributed by atoms with Crippen LogP contribution in [-0.2, 0) is 0 Å². The number of rotatable bonds is 2. The number of nitrogens with zero attached hydrogens (tertiary/aromatic N) is 1. The fourth-order valence-corrected chi connectivity index (χ4v) is 2.04. The molecule has 2 rings (SSSR count). The van der Waals surface area contributed by atoms with Gasteiger partial charge in [-0.3, -0.25) is 4.98 Å². The highest BCUT2D eigenvalue weighted by Crippen LogP contribution is 2.34. The number of aromatic nitrogens is 1. The van der Waals surface area contributed by atoms with Gasteiger partial charge in [-0.1, -0.05) is 29.3 Å². The molecule has 18 heavy (non-hydrogen) atoms. The van der Waals surface area contributed by atoms with Gasteiger partial charge in [0.25, 0.3) is 0 Å². The number of halogens is 3. The lowest BCUT2D eigenvalue weighted by Gasteiger charge is -2.07. The molecule has 0 spiro atoms. The number of carbonyl (C=O) groups is 1. The molecular weight excluding hydrogens is 280 g/mol. The summed E-state index contributed by atoms with van der Waals surface area (Å²) in [6.07, 6.45) is 1.06. The van der Waals surface area contributed by atoms with E-state index < -0.39 is 11.8 Å². The van der Waals surface area contributed by atoms with Gasteiger partial charge in [0.1, 0.15) is 11.5 Å². The zero-order valence-electron chi connectivity index (χ0n) is 8.82. The van der Waals surface area contributed by atoms with Gasteiger partial charge in [-0.05, 0) is 18.2 Å². The number of aromatic carboxylic acids is 1. The molecule has 6 heteroatoms. The van der Waals surface area contributed by atoms with Crippen molar-refractivity contribution in [2.45, 2.75) is 0 Å².